The summed E-state index contributed by atoms with van der Waals surface area (Å²) in [5, 5.41) is 34.5. The van der Waals surface area contributed by atoms with E-state index in [9.17, 15) is 19.2 Å². The van der Waals surface area contributed by atoms with Gasteiger partial charge < -0.3 is 20.4 Å². The molecular weight excluding hydrogens is 280 g/mol. The van der Waals surface area contributed by atoms with Crippen LogP contribution in [0.15, 0.2) is 0 Å². The third-order valence-corrected chi connectivity index (χ3v) is 2.17. The topological polar surface area (TPSA) is 156 Å². The summed E-state index contributed by atoms with van der Waals surface area (Å²) in [7, 11) is 0. The summed E-state index contributed by atoms with van der Waals surface area (Å²) in [5.74, 6) is -4.91. The highest BCUT2D eigenvalue weighted by molar-refractivity contribution is 5.73. The maximum Gasteiger partial charge on any atom is 0.317 e. The number of carboxylic acid groups (broad SMARTS) is 4. The van der Waals surface area contributed by atoms with Gasteiger partial charge in [0.2, 0.25) is 0 Å². The van der Waals surface area contributed by atoms with E-state index < -0.39 is 50.1 Å². The molecule has 114 valence electrons. The van der Waals surface area contributed by atoms with Crippen molar-refractivity contribution in [1.29, 1.82) is 0 Å². The lowest BCUT2D eigenvalue weighted by molar-refractivity contribution is -0.145. The first kappa shape index (κ1) is 17.8. The SMILES string of the molecule is O=C(O)CN(CC(=O)O)[13CH2][13CH2]N(CC(=O)O)[13CH2][13C](=O)O. The van der Waals surface area contributed by atoms with Gasteiger partial charge in [0, 0.05) is 13.1 Å². The quantitative estimate of drug-likeness (QED) is 0.312. The Labute approximate surface area is 113 Å². The molecule has 10 heteroatoms. The Balaban J connectivity index is 4.49. The lowest BCUT2D eigenvalue weighted by atomic mass is 10.5. The second-order valence-electron chi connectivity index (χ2n) is 4.00. The van der Waals surface area contributed by atoms with E-state index in [2.05, 4.69) is 0 Å². The molecule has 0 rings (SSSR count). The van der Waals surface area contributed by atoms with E-state index in [1.165, 1.54) is 0 Å². The van der Waals surface area contributed by atoms with Crippen LogP contribution in [0.3, 0.4) is 0 Å². The molecular formula is C10H16N2O8. The molecule has 0 saturated heterocycles. The fourth-order valence-electron chi connectivity index (χ4n) is 1.48. The minimum atomic E-state index is -1.23. The number of carboxylic acids is 4. The van der Waals surface area contributed by atoms with E-state index >= 15 is 0 Å². The fraction of sp³-hybridized carbons (Fsp3) is 0.600. The standard InChI is InChI=1S/C10H16N2O8/c13-7(14)3-11(4-8(15)16)1-2-12(5-9(17)18)6-10(19)20/h1-6H2,(H,13,14)(H,15,16)(H,17,18)(H,19,20)/i1+1,2+1,3+1,7+1. The predicted molar refractivity (Wildman–Crippen MR) is 63.4 cm³/mol. The Bertz CT molecular complexity index is 315. The largest absolute Gasteiger partial charge is 0.480 e. The van der Waals surface area contributed by atoms with Gasteiger partial charge in [-0.05, 0) is 0 Å². The van der Waals surface area contributed by atoms with Crippen molar-refractivity contribution in [1.82, 2.24) is 9.80 Å². The number of hydrogen-bond donors (Lipinski definition) is 4. The monoisotopic (exact) mass is 296 g/mol. The first-order valence-electron chi connectivity index (χ1n) is 5.52. The van der Waals surface area contributed by atoms with Gasteiger partial charge in [-0.1, -0.05) is 0 Å². The molecule has 0 aliphatic carbocycles. The van der Waals surface area contributed by atoms with Gasteiger partial charge in [-0.15, -0.1) is 0 Å². The summed E-state index contributed by atoms with van der Waals surface area (Å²) >= 11 is 0. The fourth-order valence-corrected chi connectivity index (χ4v) is 1.48. The number of nitrogens with zero attached hydrogens (tertiary/aromatic N) is 2. The van der Waals surface area contributed by atoms with Crippen LogP contribution < -0.4 is 0 Å². The highest BCUT2D eigenvalue weighted by Crippen LogP contribution is 1.94. The normalized spacial score (nSPS) is 10.7. The van der Waals surface area contributed by atoms with Gasteiger partial charge in [-0.3, -0.25) is 29.0 Å². The van der Waals surface area contributed by atoms with Crippen LogP contribution in [-0.2, 0) is 19.2 Å². The van der Waals surface area contributed by atoms with E-state index in [0.29, 0.717) is 0 Å². The van der Waals surface area contributed by atoms with E-state index in [1.807, 2.05) is 0 Å². The number of rotatable bonds is 11. The third kappa shape index (κ3) is 9.79. The molecule has 0 aromatic heterocycles. The summed E-state index contributed by atoms with van der Waals surface area (Å²) in [6.07, 6.45) is 0. The smallest absolute Gasteiger partial charge is 0.317 e. The zero-order chi connectivity index (χ0) is 15.7. The molecule has 0 fully saturated rings. The molecule has 0 atom stereocenters. The van der Waals surface area contributed by atoms with Crippen LogP contribution in [0.1, 0.15) is 0 Å². The Kier molecular flexibility index (Phi) is 7.85. The van der Waals surface area contributed by atoms with Crippen molar-refractivity contribution in [2.45, 2.75) is 0 Å². The van der Waals surface area contributed by atoms with E-state index in [-0.39, 0.29) is 13.1 Å². The van der Waals surface area contributed by atoms with Gasteiger partial charge >= 0.3 is 23.9 Å². The van der Waals surface area contributed by atoms with Crippen molar-refractivity contribution in [3.8, 4) is 0 Å². The summed E-state index contributed by atoms with van der Waals surface area (Å²) in [6, 6.07) is 0. The maximum atomic E-state index is 10.6. The van der Waals surface area contributed by atoms with Crippen LogP contribution in [0, 0.1) is 0 Å². The zero-order valence-corrected chi connectivity index (χ0v) is 10.6. The molecule has 20 heavy (non-hydrogen) atoms. The van der Waals surface area contributed by atoms with Crippen molar-refractivity contribution >= 4 is 23.9 Å². The van der Waals surface area contributed by atoms with Gasteiger partial charge in [0.15, 0.2) is 0 Å². The Morgan fingerprint density at radius 3 is 0.900 bits per heavy atom. The minimum absolute atomic E-state index is 0.0703. The molecule has 0 aromatic rings. The third-order valence-electron chi connectivity index (χ3n) is 2.17. The summed E-state index contributed by atoms with van der Waals surface area (Å²) < 4.78 is 0. The van der Waals surface area contributed by atoms with Gasteiger partial charge in [-0.2, -0.15) is 0 Å². The van der Waals surface area contributed by atoms with Crippen molar-refractivity contribution in [3.63, 3.8) is 0 Å². The van der Waals surface area contributed by atoms with Crippen LogP contribution in [0.25, 0.3) is 0 Å². The van der Waals surface area contributed by atoms with Crippen LogP contribution >= 0.6 is 0 Å². The first-order valence-corrected chi connectivity index (χ1v) is 5.52. The summed E-state index contributed by atoms with van der Waals surface area (Å²) in [6.45, 7) is -2.25. The van der Waals surface area contributed by atoms with Gasteiger partial charge in [0.1, 0.15) is 0 Å². The molecule has 0 aliphatic heterocycles. The summed E-state index contributed by atoms with van der Waals surface area (Å²) in [5.41, 5.74) is 0. The molecule has 0 bridgehead atoms. The molecule has 10 nitrogen and oxygen atoms in total. The summed E-state index contributed by atoms with van der Waals surface area (Å²) in [4.78, 5) is 44.4. The molecule has 0 aliphatic rings. The van der Waals surface area contributed by atoms with Crippen molar-refractivity contribution < 1.29 is 39.6 Å². The second-order valence-corrected chi connectivity index (χ2v) is 4.00. The predicted octanol–water partition coefficient (Wildman–Crippen LogP) is -2.07. The molecule has 0 amide bonds. The Hall–Kier alpha value is -2.20. The molecule has 0 saturated carbocycles. The van der Waals surface area contributed by atoms with Crippen LogP contribution in [-0.4, -0.2) is 93.4 Å². The van der Waals surface area contributed by atoms with E-state index in [0.717, 1.165) is 9.80 Å². The van der Waals surface area contributed by atoms with E-state index in [4.69, 9.17) is 20.4 Å². The van der Waals surface area contributed by atoms with Gasteiger partial charge in [0.05, 0.1) is 26.2 Å². The van der Waals surface area contributed by atoms with Crippen LogP contribution in [0.5, 0.6) is 0 Å². The minimum Gasteiger partial charge on any atom is -0.480 e. The molecule has 0 unspecified atom stereocenters. The molecule has 0 radical (unpaired) electrons. The van der Waals surface area contributed by atoms with Crippen LogP contribution in [0.4, 0.5) is 0 Å². The zero-order valence-electron chi connectivity index (χ0n) is 10.6. The first-order chi connectivity index (χ1) is 9.20. The number of hydrogen-bond acceptors (Lipinski definition) is 6. The van der Waals surface area contributed by atoms with E-state index in [1.54, 1.807) is 0 Å². The molecule has 0 heterocycles. The highest BCUT2D eigenvalue weighted by atomic mass is 16.5. The molecule has 4 N–H and O–H groups in total. The lowest BCUT2D eigenvalue weighted by Crippen LogP contribution is -2.43. The Morgan fingerprint density at radius 2 is 0.750 bits per heavy atom. The lowest BCUT2D eigenvalue weighted by Gasteiger charge is -2.23. The molecule has 0 spiro atoms. The van der Waals surface area contributed by atoms with Crippen molar-refractivity contribution in [2.75, 3.05) is 39.3 Å². The van der Waals surface area contributed by atoms with Gasteiger partial charge in [0.25, 0.3) is 0 Å². The highest BCUT2D eigenvalue weighted by Gasteiger charge is 2.17. The Morgan fingerprint density at radius 1 is 0.550 bits per heavy atom. The van der Waals surface area contributed by atoms with Crippen molar-refractivity contribution in [2.24, 2.45) is 0 Å². The second kappa shape index (κ2) is 8.82. The number of carbonyl (C=O) groups is 4. The average molecular weight is 296 g/mol. The average Bonchev–Trinajstić information content (AvgIpc) is 2.22. The van der Waals surface area contributed by atoms with Crippen molar-refractivity contribution in [3.05, 3.63) is 0 Å². The van der Waals surface area contributed by atoms with Crippen LogP contribution in [0.2, 0.25) is 0 Å². The maximum absolute atomic E-state index is 10.6. The van der Waals surface area contributed by atoms with Gasteiger partial charge in [-0.25, -0.2) is 0 Å². The molecule has 0 aromatic carbocycles. The number of aliphatic carboxylic acids is 4.